The smallest absolute Gasteiger partial charge is 0.256 e. The van der Waals surface area contributed by atoms with Gasteiger partial charge in [0.1, 0.15) is 11.1 Å². The summed E-state index contributed by atoms with van der Waals surface area (Å²) in [7, 11) is 0. The molecule has 0 radical (unpaired) electrons. The van der Waals surface area contributed by atoms with Crippen molar-refractivity contribution in [1.82, 2.24) is 9.88 Å². The van der Waals surface area contributed by atoms with Crippen LogP contribution in [0.25, 0.3) is 0 Å². The molecule has 2 heterocycles. The first-order valence-corrected chi connectivity index (χ1v) is 10.2. The monoisotopic (exact) mass is 410 g/mol. The van der Waals surface area contributed by atoms with Gasteiger partial charge >= 0.3 is 0 Å². The van der Waals surface area contributed by atoms with E-state index in [1.807, 2.05) is 65.6 Å². The summed E-state index contributed by atoms with van der Waals surface area (Å²) >= 11 is 7.48. The first kappa shape index (κ1) is 19.0. The van der Waals surface area contributed by atoms with E-state index in [1.54, 1.807) is 12.3 Å². The Morgan fingerprint density at radius 3 is 2.64 bits per heavy atom. The van der Waals surface area contributed by atoms with Crippen LogP contribution < -0.4 is 0 Å². The average molecular weight is 411 g/mol. The zero-order valence-electron chi connectivity index (χ0n) is 15.1. The molecule has 0 saturated carbocycles. The number of benzene rings is 2. The van der Waals surface area contributed by atoms with Crippen LogP contribution in [0.1, 0.15) is 22.0 Å². The second-order valence-electron chi connectivity index (χ2n) is 6.43. The van der Waals surface area contributed by atoms with E-state index in [0.29, 0.717) is 35.3 Å². The van der Waals surface area contributed by atoms with Crippen molar-refractivity contribution in [3.05, 3.63) is 89.1 Å². The van der Waals surface area contributed by atoms with Crippen molar-refractivity contribution in [1.29, 1.82) is 0 Å². The molecule has 0 spiro atoms. The lowest BCUT2D eigenvalue weighted by molar-refractivity contribution is -0.0229. The number of rotatable bonds is 4. The Morgan fingerprint density at radius 1 is 1.07 bits per heavy atom. The van der Waals surface area contributed by atoms with Crippen LogP contribution in [0.2, 0.25) is 5.02 Å². The summed E-state index contributed by atoms with van der Waals surface area (Å²) in [5.41, 5.74) is 1.64. The molecule has 1 amide bonds. The zero-order valence-corrected chi connectivity index (χ0v) is 16.7. The maximum absolute atomic E-state index is 13.2. The van der Waals surface area contributed by atoms with E-state index in [4.69, 9.17) is 16.3 Å². The maximum atomic E-state index is 13.2. The summed E-state index contributed by atoms with van der Waals surface area (Å²) in [6.07, 6.45) is 1.56. The van der Waals surface area contributed by atoms with Crippen molar-refractivity contribution in [2.75, 3.05) is 19.7 Å². The van der Waals surface area contributed by atoms with Crippen molar-refractivity contribution < 1.29 is 9.53 Å². The van der Waals surface area contributed by atoms with Crippen molar-refractivity contribution in [3.8, 4) is 0 Å². The fourth-order valence-corrected chi connectivity index (χ4v) is 4.14. The molecule has 0 bridgehead atoms. The third-order valence-corrected chi connectivity index (χ3v) is 5.83. The van der Waals surface area contributed by atoms with Crippen molar-refractivity contribution in [2.24, 2.45) is 0 Å². The minimum Gasteiger partial charge on any atom is -0.370 e. The molecule has 1 aliphatic rings. The molecule has 4 rings (SSSR count). The lowest BCUT2D eigenvalue weighted by atomic mass is 10.1. The number of aromatic nitrogens is 1. The summed E-state index contributed by atoms with van der Waals surface area (Å²) in [5, 5.41) is 1.40. The number of hydrogen-bond donors (Lipinski definition) is 0. The molecule has 1 saturated heterocycles. The second kappa shape index (κ2) is 8.78. The Bertz CT molecular complexity index is 950. The molecule has 28 heavy (non-hydrogen) atoms. The molecule has 1 unspecified atom stereocenters. The Hall–Kier alpha value is -2.34. The summed E-state index contributed by atoms with van der Waals surface area (Å²) < 4.78 is 5.89. The van der Waals surface area contributed by atoms with E-state index in [9.17, 15) is 4.79 Å². The van der Waals surface area contributed by atoms with Crippen LogP contribution in [0.5, 0.6) is 0 Å². The number of morpholine rings is 1. The number of amides is 1. The lowest BCUT2D eigenvalue weighted by Gasteiger charge is -2.33. The Labute approximate surface area is 173 Å². The van der Waals surface area contributed by atoms with E-state index < -0.39 is 0 Å². The van der Waals surface area contributed by atoms with E-state index in [2.05, 4.69) is 4.98 Å². The molecule has 0 N–H and O–H groups in total. The van der Waals surface area contributed by atoms with Crippen molar-refractivity contribution >= 4 is 29.3 Å². The van der Waals surface area contributed by atoms with Gasteiger partial charge < -0.3 is 9.64 Å². The van der Waals surface area contributed by atoms with Crippen molar-refractivity contribution in [3.63, 3.8) is 0 Å². The molecular formula is C22H19ClN2O2S. The van der Waals surface area contributed by atoms with Gasteiger partial charge in [0.05, 0.1) is 18.7 Å². The van der Waals surface area contributed by atoms with E-state index in [1.165, 1.54) is 11.8 Å². The van der Waals surface area contributed by atoms with E-state index >= 15 is 0 Å². The molecule has 2 aromatic carbocycles. The number of carbonyl (C=O) groups is 1. The highest BCUT2D eigenvalue weighted by Gasteiger charge is 2.27. The molecule has 1 atom stereocenters. The van der Waals surface area contributed by atoms with Gasteiger partial charge in [0, 0.05) is 22.7 Å². The summed E-state index contributed by atoms with van der Waals surface area (Å²) in [4.78, 5) is 20.6. The SMILES string of the molecule is O=C(c1cccnc1Sc1ccccc1)N1CCOC(c2ccc(Cl)cc2)C1. The van der Waals surface area contributed by atoms with Crippen molar-refractivity contribution in [2.45, 2.75) is 16.0 Å². The molecule has 6 heteroatoms. The van der Waals surface area contributed by atoms with Gasteiger partial charge in [-0.25, -0.2) is 4.98 Å². The summed E-state index contributed by atoms with van der Waals surface area (Å²) in [6.45, 7) is 1.57. The van der Waals surface area contributed by atoms with Crippen LogP contribution in [0.3, 0.4) is 0 Å². The number of nitrogens with zero attached hydrogens (tertiary/aromatic N) is 2. The van der Waals surface area contributed by atoms with Crippen LogP contribution >= 0.6 is 23.4 Å². The van der Waals surface area contributed by atoms with Crippen LogP contribution in [-0.2, 0) is 4.74 Å². The number of pyridine rings is 1. The molecule has 1 fully saturated rings. The Morgan fingerprint density at radius 2 is 1.86 bits per heavy atom. The first-order chi connectivity index (χ1) is 13.7. The van der Waals surface area contributed by atoms with Crippen LogP contribution in [0.4, 0.5) is 0 Å². The highest BCUT2D eigenvalue weighted by Crippen LogP contribution is 2.30. The number of halogens is 1. The second-order valence-corrected chi connectivity index (χ2v) is 7.93. The van der Waals surface area contributed by atoms with E-state index in [0.717, 1.165) is 10.5 Å². The van der Waals surface area contributed by atoms with E-state index in [-0.39, 0.29) is 12.0 Å². The maximum Gasteiger partial charge on any atom is 0.256 e. The third kappa shape index (κ3) is 4.38. The molecule has 1 aromatic heterocycles. The first-order valence-electron chi connectivity index (χ1n) is 9.05. The van der Waals surface area contributed by atoms with Gasteiger partial charge in [-0.05, 0) is 42.0 Å². The molecule has 4 nitrogen and oxygen atoms in total. The van der Waals surface area contributed by atoms with Gasteiger partial charge in [0.25, 0.3) is 5.91 Å². The topological polar surface area (TPSA) is 42.4 Å². The van der Waals surface area contributed by atoms with Crippen LogP contribution in [-0.4, -0.2) is 35.5 Å². The summed E-state index contributed by atoms with van der Waals surface area (Å²) in [6, 6.07) is 21.2. The normalized spacial score (nSPS) is 16.8. The third-order valence-electron chi connectivity index (χ3n) is 4.55. The molecular weight excluding hydrogens is 392 g/mol. The zero-order chi connectivity index (χ0) is 19.3. The van der Waals surface area contributed by atoms with Gasteiger partial charge in [-0.2, -0.15) is 0 Å². The predicted molar refractivity (Wildman–Crippen MR) is 111 cm³/mol. The standard InChI is InChI=1S/C22H19ClN2O2S/c23-17-10-8-16(9-11-17)20-15-25(13-14-27-20)22(26)19-7-4-12-24-21(19)28-18-5-2-1-3-6-18/h1-12,20H,13-15H2. The Balaban J connectivity index is 1.53. The quantitative estimate of drug-likeness (QED) is 0.600. The van der Waals surface area contributed by atoms with Crippen LogP contribution in [0.15, 0.2) is 82.8 Å². The molecule has 1 aliphatic heterocycles. The molecule has 3 aromatic rings. The van der Waals surface area contributed by atoms with Gasteiger partial charge in [0.2, 0.25) is 0 Å². The average Bonchev–Trinajstić information content (AvgIpc) is 2.75. The van der Waals surface area contributed by atoms with Gasteiger partial charge in [-0.1, -0.05) is 53.7 Å². The predicted octanol–water partition coefficient (Wildman–Crippen LogP) is 5.10. The minimum absolute atomic E-state index is 0.0196. The van der Waals surface area contributed by atoms with Crippen LogP contribution in [0, 0.1) is 0 Å². The fourth-order valence-electron chi connectivity index (χ4n) is 3.12. The highest BCUT2D eigenvalue weighted by molar-refractivity contribution is 7.99. The van der Waals surface area contributed by atoms with Gasteiger partial charge in [-0.3, -0.25) is 4.79 Å². The largest absolute Gasteiger partial charge is 0.370 e. The fraction of sp³-hybridized carbons (Fsp3) is 0.182. The number of ether oxygens (including phenoxy) is 1. The minimum atomic E-state index is -0.156. The molecule has 142 valence electrons. The Kier molecular flexibility index (Phi) is 5.95. The lowest BCUT2D eigenvalue weighted by Crippen LogP contribution is -2.42. The summed E-state index contributed by atoms with van der Waals surface area (Å²) in [5.74, 6) is -0.0196. The van der Waals surface area contributed by atoms with Gasteiger partial charge in [0.15, 0.2) is 0 Å². The van der Waals surface area contributed by atoms with Gasteiger partial charge in [-0.15, -0.1) is 0 Å². The molecule has 0 aliphatic carbocycles. The number of carbonyl (C=O) groups excluding carboxylic acids is 1. The highest BCUT2D eigenvalue weighted by atomic mass is 35.5. The number of hydrogen-bond acceptors (Lipinski definition) is 4.